The van der Waals surface area contributed by atoms with Crippen molar-refractivity contribution in [2.75, 3.05) is 27.4 Å². The highest BCUT2D eigenvalue weighted by Crippen LogP contribution is 2.25. The first-order valence-corrected chi connectivity index (χ1v) is 8.31. The predicted octanol–water partition coefficient (Wildman–Crippen LogP) is 2.64. The van der Waals surface area contributed by atoms with Gasteiger partial charge in [-0.1, -0.05) is 12.1 Å². The number of carbonyl (C=O) groups excluding carboxylic acids is 1. The van der Waals surface area contributed by atoms with Crippen molar-refractivity contribution in [2.24, 2.45) is 7.05 Å². The number of amides is 1. The molecule has 0 N–H and O–H groups in total. The molecule has 0 atom stereocenters. The zero-order valence-corrected chi connectivity index (χ0v) is 15.9. The highest BCUT2D eigenvalue weighted by molar-refractivity contribution is 5.98. The molecule has 6 nitrogen and oxygen atoms in total. The van der Waals surface area contributed by atoms with E-state index in [1.54, 1.807) is 19.1 Å². The van der Waals surface area contributed by atoms with Gasteiger partial charge >= 0.3 is 0 Å². The van der Waals surface area contributed by atoms with Crippen molar-refractivity contribution < 1.29 is 14.3 Å². The summed E-state index contributed by atoms with van der Waals surface area (Å²) in [6.45, 7) is 7.37. The molecule has 0 aliphatic rings. The molecule has 0 bridgehead atoms. The molecule has 2 rings (SSSR count). The maximum absolute atomic E-state index is 13.2. The number of aryl methyl sites for hydroxylation is 3. The van der Waals surface area contributed by atoms with Crippen LogP contribution < -0.4 is 4.74 Å². The molecule has 0 aliphatic carbocycles. The van der Waals surface area contributed by atoms with Crippen LogP contribution >= 0.6 is 0 Å². The van der Waals surface area contributed by atoms with Crippen molar-refractivity contribution in [2.45, 2.75) is 27.3 Å². The monoisotopic (exact) mass is 345 g/mol. The van der Waals surface area contributed by atoms with Gasteiger partial charge in [-0.3, -0.25) is 9.48 Å². The summed E-state index contributed by atoms with van der Waals surface area (Å²) in [6, 6.07) is 5.62. The van der Waals surface area contributed by atoms with Crippen molar-refractivity contribution in [3.8, 4) is 5.75 Å². The number of nitrogens with zero attached hydrogens (tertiary/aromatic N) is 3. The molecule has 2 aromatic rings. The van der Waals surface area contributed by atoms with Crippen molar-refractivity contribution in [1.82, 2.24) is 14.7 Å². The van der Waals surface area contributed by atoms with E-state index < -0.39 is 0 Å². The summed E-state index contributed by atoms with van der Waals surface area (Å²) >= 11 is 0. The fraction of sp³-hybridized carbons (Fsp3) is 0.474. The number of ether oxygens (including phenoxy) is 2. The molecule has 1 aromatic heterocycles. The summed E-state index contributed by atoms with van der Waals surface area (Å²) in [4.78, 5) is 15.0. The van der Waals surface area contributed by atoms with Gasteiger partial charge in [0.25, 0.3) is 5.91 Å². The molecule has 25 heavy (non-hydrogen) atoms. The summed E-state index contributed by atoms with van der Waals surface area (Å²) in [5.74, 6) is 0.529. The number of hydrogen-bond acceptors (Lipinski definition) is 4. The van der Waals surface area contributed by atoms with Gasteiger partial charge in [-0.25, -0.2) is 0 Å². The van der Waals surface area contributed by atoms with Crippen molar-refractivity contribution in [1.29, 1.82) is 0 Å². The minimum absolute atomic E-state index is 0.0605. The van der Waals surface area contributed by atoms with Gasteiger partial charge in [-0.15, -0.1) is 0 Å². The lowest BCUT2D eigenvalue weighted by Gasteiger charge is -2.24. The summed E-state index contributed by atoms with van der Waals surface area (Å²) < 4.78 is 12.5. The first-order chi connectivity index (χ1) is 11.9. The van der Waals surface area contributed by atoms with Gasteiger partial charge in [0.15, 0.2) is 0 Å². The standard InChI is InChI=1S/C19H27N3O3/c1-13-8-7-9-17(25-6)18(13)19(23)22(10-11-24-5)12-16-14(2)20-21(4)15(16)3/h7-9H,10-12H2,1-6H3. The fourth-order valence-electron chi connectivity index (χ4n) is 2.93. The van der Waals surface area contributed by atoms with Crippen molar-refractivity contribution in [3.63, 3.8) is 0 Å². The molecule has 1 amide bonds. The fourth-order valence-corrected chi connectivity index (χ4v) is 2.93. The van der Waals surface area contributed by atoms with Gasteiger partial charge in [-0.05, 0) is 32.4 Å². The predicted molar refractivity (Wildman–Crippen MR) is 97.0 cm³/mol. The van der Waals surface area contributed by atoms with Crippen LogP contribution in [0.3, 0.4) is 0 Å². The second-order valence-corrected chi connectivity index (χ2v) is 6.14. The Morgan fingerprint density at radius 1 is 1.24 bits per heavy atom. The van der Waals surface area contributed by atoms with E-state index in [-0.39, 0.29) is 5.91 Å². The van der Waals surface area contributed by atoms with Gasteiger partial charge in [0.2, 0.25) is 0 Å². The van der Waals surface area contributed by atoms with Crippen molar-refractivity contribution in [3.05, 3.63) is 46.3 Å². The van der Waals surface area contributed by atoms with Gasteiger partial charge in [0, 0.05) is 38.5 Å². The van der Waals surface area contributed by atoms with E-state index >= 15 is 0 Å². The second-order valence-electron chi connectivity index (χ2n) is 6.14. The number of methoxy groups -OCH3 is 2. The van der Waals surface area contributed by atoms with Crippen LogP contribution in [0.25, 0.3) is 0 Å². The molecule has 0 aliphatic heterocycles. The molecule has 0 spiro atoms. The first-order valence-electron chi connectivity index (χ1n) is 8.31. The van der Waals surface area contributed by atoms with E-state index in [1.807, 2.05) is 50.7 Å². The second kappa shape index (κ2) is 8.16. The van der Waals surface area contributed by atoms with Crippen LogP contribution in [0, 0.1) is 20.8 Å². The number of carbonyl (C=O) groups is 1. The lowest BCUT2D eigenvalue weighted by Crippen LogP contribution is -2.34. The molecule has 0 fully saturated rings. The van der Waals surface area contributed by atoms with Crippen LogP contribution in [0.5, 0.6) is 5.75 Å². The van der Waals surface area contributed by atoms with Crippen LogP contribution in [-0.4, -0.2) is 48.0 Å². The molecular formula is C19H27N3O3. The number of hydrogen-bond donors (Lipinski definition) is 0. The Hall–Kier alpha value is -2.34. The van der Waals surface area contributed by atoms with Gasteiger partial charge in [0.05, 0.1) is 25.0 Å². The van der Waals surface area contributed by atoms with Crippen LogP contribution in [-0.2, 0) is 18.3 Å². The first kappa shape index (κ1) is 19.0. The lowest BCUT2D eigenvalue weighted by molar-refractivity contribution is 0.0675. The Morgan fingerprint density at radius 3 is 2.52 bits per heavy atom. The average Bonchev–Trinajstić information content (AvgIpc) is 2.83. The van der Waals surface area contributed by atoms with E-state index in [0.29, 0.717) is 31.0 Å². The largest absolute Gasteiger partial charge is 0.496 e. The van der Waals surface area contributed by atoms with Gasteiger partial charge in [-0.2, -0.15) is 5.10 Å². The molecule has 0 saturated heterocycles. The Balaban J connectivity index is 2.39. The van der Waals surface area contributed by atoms with E-state index in [9.17, 15) is 4.79 Å². The van der Waals surface area contributed by atoms with Crippen LogP contribution in [0.1, 0.15) is 32.9 Å². The average molecular weight is 345 g/mol. The Bertz CT molecular complexity index is 753. The molecular weight excluding hydrogens is 318 g/mol. The molecule has 0 radical (unpaired) electrons. The molecule has 6 heteroatoms. The summed E-state index contributed by atoms with van der Waals surface area (Å²) in [5.41, 5.74) is 4.56. The molecule has 0 saturated carbocycles. The minimum Gasteiger partial charge on any atom is -0.496 e. The zero-order chi connectivity index (χ0) is 18.6. The van der Waals surface area contributed by atoms with E-state index in [4.69, 9.17) is 9.47 Å². The summed E-state index contributed by atoms with van der Waals surface area (Å²) in [6.07, 6.45) is 0. The third-order valence-electron chi connectivity index (χ3n) is 4.53. The third-order valence-corrected chi connectivity index (χ3v) is 4.53. The third kappa shape index (κ3) is 4.02. The maximum Gasteiger partial charge on any atom is 0.258 e. The highest BCUT2D eigenvalue weighted by atomic mass is 16.5. The zero-order valence-electron chi connectivity index (χ0n) is 15.9. The molecule has 1 heterocycles. The molecule has 136 valence electrons. The topological polar surface area (TPSA) is 56.6 Å². The Labute approximate surface area is 149 Å². The summed E-state index contributed by atoms with van der Waals surface area (Å²) in [7, 11) is 5.13. The number of rotatable bonds is 7. The van der Waals surface area contributed by atoms with Gasteiger partial charge < -0.3 is 14.4 Å². The minimum atomic E-state index is -0.0605. The smallest absolute Gasteiger partial charge is 0.258 e. The van der Waals surface area contributed by atoms with Crippen molar-refractivity contribution >= 4 is 5.91 Å². The summed E-state index contributed by atoms with van der Waals surface area (Å²) in [5, 5.41) is 4.45. The highest BCUT2D eigenvalue weighted by Gasteiger charge is 2.23. The van der Waals surface area contributed by atoms with Gasteiger partial charge in [0.1, 0.15) is 5.75 Å². The number of benzene rings is 1. The Kier molecular flexibility index (Phi) is 6.20. The van der Waals surface area contributed by atoms with E-state index in [0.717, 1.165) is 22.5 Å². The van der Waals surface area contributed by atoms with Crippen LogP contribution in [0.4, 0.5) is 0 Å². The van der Waals surface area contributed by atoms with E-state index in [1.165, 1.54) is 0 Å². The molecule has 0 unspecified atom stereocenters. The van der Waals surface area contributed by atoms with E-state index in [2.05, 4.69) is 5.10 Å². The normalized spacial score (nSPS) is 10.8. The number of aromatic nitrogens is 2. The van der Waals surface area contributed by atoms with Crippen LogP contribution in [0.2, 0.25) is 0 Å². The SMILES string of the molecule is COCCN(Cc1c(C)nn(C)c1C)C(=O)c1c(C)cccc1OC. The maximum atomic E-state index is 13.2. The quantitative estimate of drug-likeness (QED) is 0.774. The lowest BCUT2D eigenvalue weighted by atomic mass is 10.1. The van der Waals surface area contributed by atoms with Crippen LogP contribution in [0.15, 0.2) is 18.2 Å². The Morgan fingerprint density at radius 2 is 1.96 bits per heavy atom. The molecule has 1 aromatic carbocycles.